The van der Waals surface area contributed by atoms with Crippen molar-refractivity contribution < 1.29 is 9.53 Å². The van der Waals surface area contributed by atoms with E-state index in [-0.39, 0.29) is 18.1 Å². The molecule has 2 heterocycles. The highest BCUT2D eigenvalue weighted by Gasteiger charge is 2.26. The summed E-state index contributed by atoms with van der Waals surface area (Å²) in [4.78, 5) is 18.7. The second kappa shape index (κ2) is 7.66. The number of pyridine rings is 1. The molecule has 1 saturated heterocycles. The van der Waals surface area contributed by atoms with Crippen LogP contribution in [0, 0.1) is 6.92 Å². The Hall–Kier alpha value is -2.40. The number of aromatic nitrogens is 1. The minimum absolute atomic E-state index is 0.0752. The van der Waals surface area contributed by atoms with Gasteiger partial charge in [0.25, 0.3) is 5.91 Å². The molecular formula is C20H25N3O2. The minimum atomic E-state index is 0.0752. The Morgan fingerprint density at radius 2 is 1.88 bits per heavy atom. The molecule has 2 unspecified atom stereocenters. The van der Waals surface area contributed by atoms with Crippen LogP contribution in [0.3, 0.4) is 0 Å². The zero-order valence-corrected chi connectivity index (χ0v) is 15.0. The average molecular weight is 339 g/mol. The van der Waals surface area contributed by atoms with E-state index < -0.39 is 0 Å². The van der Waals surface area contributed by atoms with Gasteiger partial charge in [-0.2, -0.15) is 0 Å². The Kier molecular flexibility index (Phi) is 5.34. The fourth-order valence-electron chi connectivity index (χ4n) is 3.15. The molecule has 0 radical (unpaired) electrons. The first-order valence-electron chi connectivity index (χ1n) is 8.71. The quantitative estimate of drug-likeness (QED) is 0.929. The van der Waals surface area contributed by atoms with Crippen molar-refractivity contribution in [3.63, 3.8) is 0 Å². The Balaban J connectivity index is 1.60. The second-order valence-electron chi connectivity index (χ2n) is 6.70. The lowest BCUT2D eigenvalue weighted by Crippen LogP contribution is -2.48. The number of hydrogen-bond acceptors (Lipinski definition) is 4. The third-order valence-electron chi connectivity index (χ3n) is 4.30. The highest BCUT2D eigenvalue weighted by atomic mass is 16.5. The van der Waals surface area contributed by atoms with Crippen LogP contribution in [0.4, 0.5) is 5.69 Å². The molecule has 1 aromatic heterocycles. The van der Waals surface area contributed by atoms with Crippen LogP contribution in [-0.4, -0.2) is 41.1 Å². The summed E-state index contributed by atoms with van der Waals surface area (Å²) in [5, 5.41) is 3.37. The maximum Gasteiger partial charge on any atom is 0.254 e. The Labute approximate surface area is 149 Å². The summed E-state index contributed by atoms with van der Waals surface area (Å²) >= 11 is 0. The molecule has 0 bridgehead atoms. The molecule has 0 aliphatic carbocycles. The summed E-state index contributed by atoms with van der Waals surface area (Å²) in [5.74, 6) is 0.0752. The molecule has 1 aromatic carbocycles. The largest absolute Gasteiger partial charge is 0.381 e. The van der Waals surface area contributed by atoms with E-state index in [2.05, 4.69) is 10.3 Å². The van der Waals surface area contributed by atoms with Gasteiger partial charge in [-0.1, -0.05) is 12.1 Å². The fourth-order valence-corrected chi connectivity index (χ4v) is 3.15. The first-order valence-corrected chi connectivity index (χ1v) is 8.71. The first-order chi connectivity index (χ1) is 12.0. The van der Waals surface area contributed by atoms with Gasteiger partial charge in [0.1, 0.15) is 0 Å². The van der Waals surface area contributed by atoms with Gasteiger partial charge in [0.05, 0.1) is 12.2 Å². The molecule has 132 valence electrons. The molecule has 1 aliphatic rings. The highest BCUT2D eigenvalue weighted by Crippen LogP contribution is 2.16. The summed E-state index contributed by atoms with van der Waals surface area (Å²) in [7, 11) is 0. The van der Waals surface area contributed by atoms with E-state index in [4.69, 9.17) is 4.74 Å². The van der Waals surface area contributed by atoms with Gasteiger partial charge in [0, 0.05) is 42.8 Å². The number of nitrogens with zero attached hydrogens (tertiary/aromatic N) is 2. The Bertz CT molecular complexity index is 720. The van der Waals surface area contributed by atoms with Crippen molar-refractivity contribution in [2.24, 2.45) is 0 Å². The molecular weight excluding hydrogens is 314 g/mol. The van der Waals surface area contributed by atoms with Crippen molar-refractivity contribution in [2.75, 3.05) is 18.4 Å². The number of amides is 1. The highest BCUT2D eigenvalue weighted by molar-refractivity contribution is 5.94. The summed E-state index contributed by atoms with van der Waals surface area (Å²) in [5.41, 5.74) is 3.89. The smallest absolute Gasteiger partial charge is 0.254 e. The predicted molar refractivity (Wildman–Crippen MR) is 98.7 cm³/mol. The van der Waals surface area contributed by atoms with Crippen LogP contribution in [-0.2, 0) is 11.3 Å². The molecule has 25 heavy (non-hydrogen) atoms. The summed E-state index contributed by atoms with van der Waals surface area (Å²) in [6, 6.07) is 11.8. The maximum atomic E-state index is 12.7. The normalized spacial score (nSPS) is 20.4. The number of nitrogens with one attached hydrogen (secondary N) is 1. The molecule has 1 amide bonds. The zero-order valence-electron chi connectivity index (χ0n) is 15.0. The molecule has 2 aromatic rings. The van der Waals surface area contributed by atoms with E-state index in [9.17, 15) is 4.79 Å². The minimum Gasteiger partial charge on any atom is -0.381 e. The monoisotopic (exact) mass is 339 g/mol. The van der Waals surface area contributed by atoms with Crippen LogP contribution in [0.1, 0.15) is 35.5 Å². The van der Waals surface area contributed by atoms with Crippen molar-refractivity contribution in [1.82, 2.24) is 9.88 Å². The molecule has 0 spiro atoms. The van der Waals surface area contributed by atoms with E-state index in [1.807, 2.05) is 62.1 Å². The lowest BCUT2D eigenvalue weighted by atomic mass is 10.1. The molecule has 5 nitrogen and oxygen atoms in total. The van der Waals surface area contributed by atoms with Gasteiger partial charge in [-0.3, -0.25) is 9.78 Å². The fraction of sp³-hybridized carbons (Fsp3) is 0.400. The van der Waals surface area contributed by atoms with E-state index >= 15 is 0 Å². The number of aryl methyl sites for hydroxylation is 1. The third kappa shape index (κ3) is 4.57. The van der Waals surface area contributed by atoms with Gasteiger partial charge in [0.15, 0.2) is 0 Å². The Morgan fingerprint density at radius 1 is 1.20 bits per heavy atom. The number of morpholine rings is 1. The topological polar surface area (TPSA) is 54.5 Å². The molecule has 1 fully saturated rings. The van der Waals surface area contributed by atoms with Crippen molar-refractivity contribution in [3.8, 4) is 0 Å². The van der Waals surface area contributed by atoms with E-state index in [1.165, 1.54) is 0 Å². The van der Waals surface area contributed by atoms with Crippen molar-refractivity contribution >= 4 is 11.6 Å². The Morgan fingerprint density at radius 3 is 2.52 bits per heavy atom. The predicted octanol–water partition coefficient (Wildman–Crippen LogP) is 3.25. The van der Waals surface area contributed by atoms with Crippen LogP contribution in [0.15, 0.2) is 42.6 Å². The van der Waals surface area contributed by atoms with E-state index in [0.29, 0.717) is 19.6 Å². The number of benzene rings is 1. The zero-order chi connectivity index (χ0) is 17.8. The van der Waals surface area contributed by atoms with Crippen LogP contribution < -0.4 is 5.32 Å². The van der Waals surface area contributed by atoms with Crippen molar-refractivity contribution in [3.05, 3.63) is 59.4 Å². The molecule has 1 aliphatic heterocycles. The van der Waals surface area contributed by atoms with Crippen LogP contribution in [0.2, 0.25) is 0 Å². The number of ether oxygens (including phenoxy) is 1. The van der Waals surface area contributed by atoms with Gasteiger partial charge < -0.3 is 15.0 Å². The molecule has 5 heteroatoms. The van der Waals surface area contributed by atoms with Gasteiger partial charge >= 0.3 is 0 Å². The van der Waals surface area contributed by atoms with Crippen LogP contribution in [0.5, 0.6) is 0 Å². The summed E-state index contributed by atoms with van der Waals surface area (Å²) in [6.07, 6.45) is 1.96. The number of carbonyl (C=O) groups is 1. The summed E-state index contributed by atoms with van der Waals surface area (Å²) in [6.45, 7) is 7.99. The van der Waals surface area contributed by atoms with Crippen LogP contribution in [0.25, 0.3) is 0 Å². The second-order valence-corrected chi connectivity index (χ2v) is 6.70. The van der Waals surface area contributed by atoms with Crippen molar-refractivity contribution in [1.29, 1.82) is 0 Å². The van der Waals surface area contributed by atoms with Gasteiger partial charge in [-0.15, -0.1) is 0 Å². The standard InChI is InChI=1S/C20H25N3O2/c1-14-10-19(8-9-21-14)22-11-17-4-6-18(7-5-17)20(24)23-12-15(2)25-16(3)13-23/h4-10,15-16H,11-13H2,1-3H3,(H,21,22). The first kappa shape index (κ1) is 17.4. The number of carbonyl (C=O) groups excluding carboxylic acids is 1. The SMILES string of the molecule is Cc1cc(NCc2ccc(C(=O)N3CC(C)OC(C)C3)cc2)ccn1. The maximum absolute atomic E-state index is 12.7. The molecule has 2 atom stereocenters. The number of rotatable bonds is 4. The molecule has 3 rings (SSSR count). The van der Waals surface area contributed by atoms with E-state index in [0.717, 1.165) is 22.5 Å². The molecule has 1 N–H and O–H groups in total. The lowest BCUT2D eigenvalue weighted by Gasteiger charge is -2.35. The number of anilines is 1. The number of hydrogen-bond donors (Lipinski definition) is 1. The van der Waals surface area contributed by atoms with Gasteiger partial charge in [-0.25, -0.2) is 0 Å². The average Bonchev–Trinajstić information content (AvgIpc) is 2.59. The summed E-state index contributed by atoms with van der Waals surface area (Å²) < 4.78 is 5.70. The van der Waals surface area contributed by atoms with Crippen LogP contribution >= 0.6 is 0 Å². The molecule has 0 saturated carbocycles. The van der Waals surface area contributed by atoms with Crippen molar-refractivity contribution in [2.45, 2.75) is 39.5 Å². The van der Waals surface area contributed by atoms with Gasteiger partial charge in [0.2, 0.25) is 0 Å². The van der Waals surface area contributed by atoms with E-state index in [1.54, 1.807) is 6.20 Å². The lowest BCUT2D eigenvalue weighted by molar-refractivity contribution is -0.0586. The van der Waals surface area contributed by atoms with Gasteiger partial charge in [-0.05, 0) is 50.6 Å². The third-order valence-corrected chi connectivity index (χ3v) is 4.30.